The van der Waals surface area contributed by atoms with Gasteiger partial charge in [-0.05, 0) is 43.0 Å². The summed E-state index contributed by atoms with van der Waals surface area (Å²) in [6.45, 7) is 5.57. The van der Waals surface area contributed by atoms with Crippen LogP contribution in [-0.4, -0.2) is 61.0 Å². The molecule has 0 N–H and O–H groups in total. The largest absolute Gasteiger partial charge is 0.378 e. The fourth-order valence-corrected chi connectivity index (χ4v) is 3.46. The highest BCUT2D eigenvalue weighted by Gasteiger charge is 2.30. The minimum atomic E-state index is -0.292. The van der Waals surface area contributed by atoms with Crippen LogP contribution in [0.4, 0.5) is 4.39 Å². The van der Waals surface area contributed by atoms with E-state index in [1.165, 1.54) is 12.1 Å². The number of amides is 2. The van der Waals surface area contributed by atoms with Gasteiger partial charge in [0.05, 0.1) is 13.2 Å². The van der Waals surface area contributed by atoms with Crippen molar-refractivity contribution in [2.24, 2.45) is 5.92 Å². The second-order valence-corrected chi connectivity index (χ2v) is 6.87. The number of carbonyl (C=O) groups excluding carboxylic acids is 2. The summed E-state index contributed by atoms with van der Waals surface area (Å²) in [5, 5.41) is 0. The normalized spacial score (nSPS) is 19.5. The summed E-state index contributed by atoms with van der Waals surface area (Å²) in [6.07, 6.45) is 2.99. The second-order valence-electron chi connectivity index (χ2n) is 6.87. The van der Waals surface area contributed by atoms with E-state index in [2.05, 4.69) is 0 Å². The molecule has 0 unspecified atom stereocenters. The molecule has 2 amide bonds. The Morgan fingerprint density at radius 3 is 2.27 bits per heavy atom. The van der Waals surface area contributed by atoms with Gasteiger partial charge >= 0.3 is 0 Å². The van der Waals surface area contributed by atoms with Crippen molar-refractivity contribution in [1.29, 1.82) is 0 Å². The number of carbonyl (C=O) groups is 2. The summed E-state index contributed by atoms with van der Waals surface area (Å²) >= 11 is 0. The van der Waals surface area contributed by atoms with E-state index >= 15 is 0 Å². The quantitative estimate of drug-likeness (QED) is 0.778. The van der Waals surface area contributed by atoms with E-state index in [4.69, 9.17) is 4.74 Å². The van der Waals surface area contributed by atoms with Crippen LogP contribution < -0.4 is 0 Å². The molecule has 26 heavy (non-hydrogen) atoms. The van der Waals surface area contributed by atoms with Gasteiger partial charge in [-0.2, -0.15) is 0 Å². The molecule has 0 aromatic heterocycles. The Morgan fingerprint density at radius 2 is 1.65 bits per heavy atom. The van der Waals surface area contributed by atoms with Crippen molar-refractivity contribution in [3.8, 4) is 0 Å². The molecule has 0 spiro atoms. The molecule has 0 aliphatic carbocycles. The average molecular weight is 360 g/mol. The van der Waals surface area contributed by atoms with Crippen LogP contribution in [0.5, 0.6) is 0 Å². The lowest BCUT2D eigenvalue weighted by Gasteiger charge is -2.35. The lowest BCUT2D eigenvalue weighted by Crippen LogP contribution is -2.47. The Balaban J connectivity index is 1.53. The molecule has 5 nitrogen and oxygen atoms in total. The van der Waals surface area contributed by atoms with Crippen LogP contribution in [0, 0.1) is 11.7 Å². The molecule has 0 saturated carbocycles. The maximum absolute atomic E-state index is 13.0. The van der Waals surface area contributed by atoms with Crippen molar-refractivity contribution < 1.29 is 18.7 Å². The Bertz CT molecular complexity index is 673. The highest BCUT2D eigenvalue weighted by Crippen LogP contribution is 2.22. The van der Waals surface area contributed by atoms with Crippen LogP contribution in [0.25, 0.3) is 5.57 Å². The van der Waals surface area contributed by atoms with Crippen molar-refractivity contribution in [3.63, 3.8) is 0 Å². The third kappa shape index (κ3) is 4.49. The molecule has 0 radical (unpaired) electrons. The van der Waals surface area contributed by atoms with Crippen molar-refractivity contribution in [3.05, 3.63) is 41.7 Å². The fourth-order valence-electron chi connectivity index (χ4n) is 3.46. The second kappa shape index (κ2) is 8.45. The highest BCUT2D eigenvalue weighted by atomic mass is 19.1. The SMILES string of the molecule is C/C(=C/C(=O)N1CCC(C(=O)N2CCOCC2)CC1)c1ccc(F)cc1. The van der Waals surface area contributed by atoms with E-state index in [-0.39, 0.29) is 23.5 Å². The Morgan fingerprint density at radius 1 is 1.04 bits per heavy atom. The van der Waals surface area contributed by atoms with Crippen LogP contribution in [-0.2, 0) is 14.3 Å². The predicted octanol–water partition coefficient (Wildman–Crippen LogP) is 2.33. The number of allylic oxidation sites excluding steroid dienone is 1. The molecule has 2 heterocycles. The lowest BCUT2D eigenvalue weighted by atomic mass is 9.95. The van der Waals surface area contributed by atoms with Gasteiger partial charge in [-0.3, -0.25) is 9.59 Å². The molecule has 1 aromatic rings. The Kier molecular flexibility index (Phi) is 6.04. The monoisotopic (exact) mass is 360 g/mol. The highest BCUT2D eigenvalue weighted by molar-refractivity contribution is 5.95. The van der Waals surface area contributed by atoms with Gasteiger partial charge in [0.15, 0.2) is 0 Å². The fraction of sp³-hybridized carbons (Fsp3) is 0.500. The van der Waals surface area contributed by atoms with Gasteiger partial charge in [-0.15, -0.1) is 0 Å². The number of benzene rings is 1. The lowest BCUT2D eigenvalue weighted by molar-refractivity contribution is -0.142. The number of nitrogens with zero attached hydrogens (tertiary/aromatic N) is 2. The number of morpholine rings is 1. The van der Waals surface area contributed by atoms with E-state index < -0.39 is 0 Å². The first-order chi connectivity index (χ1) is 12.5. The maximum Gasteiger partial charge on any atom is 0.246 e. The molecule has 0 bridgehead atoms. The topological polar surface area (TPSA) is 49.9 Å². The standard InChI is InChI=1S/C20H25FN2O3/c1-15(16-2-4-18(21)5-3-16)14-19(24)22-8-6-17(7-9-22)20(25)23-10-12-26-13-11-23/h2-5,14,17H,6-13H2,1H3/b15-14-. The van der Waals surface area contributed by atoms with Crippen LogP contribution >= 0.6 is 0 Å². The van der Waals surface area contributed by atoms with E-state index in [0.29, 0.717) is 52.2 Å². The molecule has 140 valence electrons. The minimum absolute atomic E-state index is 0.000625. The smallest absolute Gasteiger partial charge is 0.246 e. The molecule has 3 rings (SSSR count). The number of likely N-dealkylation sites (tertiary alicyclic amines) is 1. The third-order valence-corrected chi connectivity index (χ3v) is 5.12. The first kappa shape index (κ1) is 18.6. The average Bonchev–Trinajstić information content (AvgIpc) is 2.68. The van der Waals surface area contributed by atoms with Crippen molar-refractivity contribution in [2.45, 2.75) is 19.8 Å². The molecular formula is C20H25FN2O3. The summed E-state index contributed by atoms with van der Waals surface area (Å²) < 4.78 is 18.3. The summed E-state index contributed by atoms with van der Waals surface area (Å²) in [5.41, 5.74) is 1.64. The van der Waals surface area contributed by atoms with Crippen molar-refractivity contribution in [2.75, 3.05) is 39.4 Å². The molecule has 2 aliphatic rings. The van der Waals surface area contributed by atoms with Crippen LogP contribution in [0.15, 0.2) is 30.3 Å². The van der Waals surface area contributed by atoms with Crippen LogP contribution in [0.2, 0.25) is 0 Å². The Hall–Kier alpha value is -2.21. The van der Waals surface area contributed by atoms with Gasteiger partial charge in [0, 0.05) is 38.2 Å². The van der Waals surface area contributed by atoms with Crippen LogP contribution in [0.1, 0.15) is 25.3 Å². The van der Waals surface area contributed by atoms with Crippen molar-refractivity contribution in [1.82, 2.24) is 9.80 Å². The zero-order valence-corrected chi connectivity index (χ0v) is 15.1. The number of halogens is 1. The number of ether oxygens (including phenoxy) is 1. The van der Waals surface area contributed by atoms with Gasteiger partial charge in [-0.25, -0.2) is 4.39 Å². The van der Waals surface area contributed by atoms with Gasteiger partial charge in [0.2, 0.25) is 11.8 Å². The maximum atomic E-state index is 13.0. The minimum Gasteiger partial charge on any atom is -0.378 e. The zero-order chi connectivity index (χ0) is 18.5. The van der Waals surface area contributed by atoms with Crippen LogP contribution in [0.3, 0.4) is 0 Å². The number of rotatable bonds is 3. The van der Waals surface area contributed by atoms with Gasteiger partial charge < -0.3 is 14.5 Å². The first-order valence-electron chi connectivity index (χ1n) is 9.14. The summed E-state index contributed by atoms with van der Waals surface area (Å²) in [7, 11) is 0. The van der Waals surface area contributed by atoms with Gasteiger partial charge in [-0.1, -0.05) is 12.1 Å². The van der Waals surface area contributed by atoms with E-state index in [9.17, 15) is 14.0 Å². The number of piperidine rings is 1. The van der Waals surface area contributed by atoms with E-state index in [1.807, 2.05) is 11.8 Å². The summed E-state index contributed by atoms with van der Waals surface area (Å²) in [6, 6.07) is 6.11. The van der Waals surface area contributed by atoms with Gasteiger partial charge in [0.25, 0.3) is 0 Å². The van der Waals surface area contributed by atoms with Gasteiger partial charge in [0.1, 0.15) is 5.82 Å². The first-order valence-corrected chi connectivity index (χ1v) is 9.14. The molecular weight excluding hydrogens is 335 g/mol. The molecule has 6 heteroatoms. The number of hydrogen-bond acceptors (Lipinski definition) is 3. The third-order valence-electron chi connectivity index (χ3n) is 5.12. The summed E-state index contributed by atoms with van der Waals surface area (Å²) in [5.74, 6) is -0.151. The molecule has 2 fully saturated rings. The molecule has 2 saturated heterocycles. The van der Waals surface area contributed by atoms with E-state index in [0.717, 1.165) is 11.1 Å². The predicted molar refractivity (Wildman–Crippen MR) is 96.8 cm³/mol. The van der Waals surface area contributed by atoms with Crippen molar-refractivity contribution >= 4 is 17.4 Å². The molecule has 2 aliphatic heterocycles. The molecule has 1 aromatic carbocycles. The summed E-state index contributed by atoms with van der Waals surface area (Å²) in [4.78, 5) is 28.7. The zero-order valence-electron chi connectivity index (χ0n) is 15.1. The molecule has 0 atom stereocenters. The Labute approximate surface area is 153 Å². The number of hydrogen-bond donors (Lipinski definition) is 0. The van der Waals surface area contributed by atoms with E-state index in [1.54, 1.807) is 23.1 Å².